The van der Waals surface area contributed by atoms with Gasteiger partial charge < -0.3 is 24.2 Å². The number of benzene rings is 2. The normalized spacial score (nSPS) is 32.4. The lowest BCUT2D eigenvalue weighted by Gasteiger charge is -2.50. The number of aliphatic hydroxyl groups is 1. The van der Waals surface area contributed by atoms with Gasteiger partial charge in [0.05, 0.1) is 36.3 Å². The molecular weight excluding hydrogens is 678 g/mol. The summed E-state index contributed by atoms with van der Waals surface area (Å²) < 4.78 is 48.8. The van der Waals surface area contributed by atoms with Crippen molar-refractivity contribution in [3.8, 4) is 5.75 Å². The molecule has 2 aromatic rings. The zero-order valence-electron chi connectivity index (χ0n) is 29.9. The average molecular weight is 732 g/mol. The predicted molar refractivity (Wildman–Crippen MR) is 195 cm³/mol. The minimum Gasteiger partial charge on any atom is -0.487 e. The van der Waals surface area contributed by atoms with Gasteiger partial charge >= 0.3 is 0 Å². The fourth-order valence-corrected chi connectivity index (χ4v) is 9.60. The summed E-state index contributed by atoms with van der Waals surface area (Å²) in [4.78, 5) is 17.9. The van der Waals surface area contributed by atoms with Crippen LogP contribution in [0, 0.1) is 23.7 Å². The second-order valence-corrected chi connectivity index (χ2v) is 17.8. The van der Waals surface area contributed by atoms with E-state index in [1.165, 1.54) is 5.56 Å². The molecule has 0 spiro atoms. The van der Waals surface area contributed by atoms with Crippen molar-refractivity contribution in [3.63, 3.8) is 0 Å². The van der Waals surface area contributed by atoms with Gasteiger partial charge in [-0.1, -0.05) is 31.0 Å². The smallest absolute Gasteiger partial charge is 0.264 e. The Morgan fingerprint density at radius 1 is 0.980 bits per heavy atom. The number of carbonyl (C=O) groups is 1. The lowest BCUT2D eigenvalue weighted by Crippen LogP contribution is -2.60. The third-order valence-corrected chi connectivity index (χ3v) is 14.2. The molecule has 2 fully saturated rings. The first-order valence-electron chi connectivity index (χ1n) is 18.3. The van der Waals surface area contributed by atoms with Gasteiger partial charge in [0.15, 0.2) is 6.29 Å². The molecule has 0 radical (unpaired) electrons. The van der Waals surface area contributed by atoms with Crippen molar-refractivity contribution in [2.75, 3.05) is 51.9 Å². The zero-order chi connectivity index (χ0) is 35.6. The SMILES string of the molecule is C[C@@H]1[C@@H](C)CCC[C@H]([C@H]2OC[C@](CO)(N(C)C)CO2)[C@@H]2CC[C@H]2CN2CCCCc3cc(Cl)ccc3COc3ccc(cc32)C(=O)NS1(=O)=O. The Kier molecular flexibility index (Phi) is 11.7. The monoisotopic (exact) mass is 731 g/mol. The second-order valence-electron chi connectivity index (χ2n) is 15.3. The van der Waals surface area contributed by atoms with Crippen LogP contribution in [0.5, 0.6) is 5.75 Å². The number of amides is 1. The highest BCUT2D eigenvalue weighted by molar-refractivity contribution is 7.90. The lowest BCUT2D eigenvalue weighted by molar-refractivity contribution is -0.267. The van der Waals surface area contributed by atoms with E-state index in [0.29, 0.717) is 48.8 Å². The fraction of sp³-hybridized carbons (Fsp3) is 0.658. The number of hydrogen-bond donors (Lipinski definition) is 2. The number of aliphatic hydroxyl groups excluding tert-OH is 1. The van der Waals surface area contributed by atoms with E-state index < -0.39 is 33.0 Å². The molecule has 50 heavy (non-hydrogen) atoms. The van der Waals surface area contributed by atoms with Crippen molar-refractivity contribution in [2.24, 2.45) is 23.7 Å². The van der Waals surface area contributed by atoms with Crippen molar-refractivity contribution < 1.29 is 32.5 Å². The number of nitrogens with zero attached hydrogens (tertiary/aromatic N) is 2. The number of nitrogens with one attached hydrogen (secondary N) is 1. The van der Waals surface area contributed by atoms with E-state index in [-0.39, 0.29) is 24.0 Å². The summed E-state index contributed by atoms with van der Waals surface area (Å²) in [6, 6.07) is 11.2. The minimum absolute atomic E-state index is 0.0552. The van der Waals surface area contributed by atoms with Crippen LogP contribution < -0.4 is 14.4 Å². The molecule has 1 amide bonds. The van der Waals surface area contributed by atoms with Crippen molar-refractivity contribution >= 4 is 33.2 Å². The summed E-state index contributed by atoms with van der Waals surface area (Å²) in [6.07, 6.45) is 6.88. The molecule has 3 heterocycles. The first-order valence-corrected chi connectivity index (χ1v) is 20.2. The van der Waals surface area contributed by atoms with Crippen LogP contribution in [0.1, 0.15) is 80.3 Å². The van der Waals surface area contributed by atoms with Gasteiger partial charge in [0, 0.05) is 29.6 Å². The Labute approximate surface area is 302 Å². The fourth-order valence-electron chi connectivity index (χ4n) is 8.10. The Morgan fingerprint density at radius 2 is 1.76 bits per heavy atom. The number of aryl methyl sites for hydroxylation is 1. The van der Waals surface area contributed by atoms with Crippen LogP contribution in [0.4, 0.5) is 5.69 Å². The second kappa shape index (κ2) is 15.7. The van der Waals surface area contributed by atoms with Crippen LogP contribution in [-0.2, 0) is 32.5 Å². The lowest BCUT2D eigenvalue weighted by atomic mass is 9.65. The van der Waals surface area contributed by atoms with Crippen LogP contribution in [0.3, 0.4) is 0 Å². The molecule has 0 unspecified atom stereocenters. The van der Waals surface area contributed by atoms with E-state index in [2.05, 4.69) is 9.62 Å². The molecule has 3 aliphatic heterocycles. The quantitative estimate of drug-likeness (QED) is 0.414. The Hall–Kier alpha value is -2.41. The van der Waals surface area contributed by atoms with Crippen LogP contribution >= 0.6 is 11.6 Å². The number of hydrogen-bond acceptors (Lipinski definition) is 9. The van der Waals surface area contributed by atoms with Gasteiger partial charge in [-0.25, -0.2) is 13.1 Å². The van der Waals surface area contributed by atoms with E-state index in [0.717, 1.165) is 69.3 Å². The van der Waals surface area contributed by atoms with E-state index in [4.69, 9.17) is 25.8 Å². The number of likely N-dealkylation sites (N-methyl/N-ethyl adjacent to an activating group) is 1. The highest BCUT2D eigenvalue weighted by Crippen LogP contribution is 2.47. The average Bonchev–Trinajstić information content (AvgIpc) is 3.11. The first kappa shape index (κ1) is 37.4. The number of sulfonamides is 1. The number of fused-ring (bicyclic) bond motifs is 3. The van der Waals surface area contributed by atoms with Crippen molar-refractivity contribution in [2.45, 2.75) is 88.9 Å². The molecule has 1 saturated carbocycles. The van der Waals surface area contributed by atoms with E-state index in [1.54, 1.807) is 25.1 Å². The molecule has 4 aliphatic rings. The van der Waals surface area contributed by atoms with Gasteiger partial charge in [0.2, 0.25) is 10.0 Å². The third-order valence-electron chi connectivity index (χ3n) is 12.1. The molecular formula is C38H54ClN3O7S. The Bertz CT molecular complexity index is 1610. The van der Waals surface area contributed by atoms with Gasteiger partial charge in [-0.3, -0.25) is 9.69 Å². The molecule has 2 aromatic carbocycles. The molecule has 6 rings (SSSR count). The van der Waals surface area contributed by atoms with E-state index in [1.807, 2.05) is 44.1 Å². The number of carbonyl (C=O) groups excluding carboxylic acids is 1. The van der Waals surface area contributed by atoms with Gasteiger partial charge in [0.1, 0.15) is 12.4 Å². The molecule has 2 bridgehead atoms. The summed E-state index contributed by atoms with van der Waals surface area (Å²) in [7, 11) is -0.0603. The molecule has 1 saturated heterocycles. The maximum Gasteiger partial charge on any atom is 0.264 e. The molecule has 276 valence electrons. The Balaban J connectivity index is 1.34. The van der Waals surface area contributed by atoms with Crippen LogP contribution in [0.25, 0.3) is 0 Å². The van der Waals surface area contributed by atoms with Gasteiger partial charge in [-0.15, -0.1) is 0 Å². The van der Waals surface area contributed by atoms with Crippen molar-refractivity contribution in [1.82, 2.24) is 9.62 Å². The summed E-state index contributed by atoms with van der Waals surface area (Å²) in [5.41, 5.74) is 2.76. The van der Waals surface area contributed by atoms with Crippen LogP contribution in [-0.4, -0.2) is 88.4 Å². The highest BCUT2D eigenvalue weighted by Gasteiger charge is 2.46. The number of halogens is 1. The first-order chi connectivity index (χ1) is 23.9. The van der Waals surface area contributed by atoms with E-state index in [9.17, 15) is 18.3 Å². The van der Waals surface area contributed by atoms with Crippen molar-refractivity contribution in [3.05, 3.63) is 58.1 Å². The number of rotatable bonds is 3. The summed E-state index contributed by atoms with van der Waals surface area (Å²) in [5, 5.41) is 10.2. The zero-order valence-corrected chi connectivity index (χ0v) is 31.5. The van der Waals surface area contributed by atoms with E-state index >= 15 is 0 Å². The largest absolute Gasteiger partial charge is 0.487 e. The van der Waals surface area contributed by atoms with Crippen LogP contribution in [0.2, 0.25) is 5.02 Å². The van der Waals surface area contributed by atoms with Crippen LogP contribution in [0.15, 0.2) is 36.4 Å². The van der Waals surface area contributed by atoms with Gasteiger partial charge in [-0.05, 0) is 125 Å². The predicted octanol–water partition coefficient (Wildman–Crippen LogP) is 5.64. The van der Waals surface area contributed by atoms with Gasteiger partial charge in [-0.2, -0.15) is 0 Å². The third kappa shape index (κ3) is 7.98. The minimum atomic E-state index is -3.94. The molecule has 12 heteroatoms. The van der Waals surface area contributed by atoms with Gasteiger partial charge in [0.25, 0.3) is 5.91 Å². The number of anilines is 1. The molecule has 10 nitrogen and oxygen atoms in total. The maximum absolute atomic E-state index is 13.5. The number of ether oxygens (including phenoxy) is 3. The summed E-state index contributed by atoms with van der Waals surface area (Å²) in [6.45, 7) is 6.23. The standard InChI is InChI=1S/C38H54ClN3O7S/c1-25-8-7-10-33(37-48-23-38(22-43,24-49-37)41(3)4)32-15-12-29(32)20-42-17-6-5-9-27-18-31(39)14-11-30(27)21-47-35-16-13-28(19-34(35)42)36(44)40-50(45,46)26(25)2/h11,13-14,16,18-19,25-26,29,32-33,37,43H,5-10,12,15,17,20-24H2,1-4H3,(H,40,44)/t25-,26+,29-,32+,33-,37-,38-/m0/s1. The molecule has 0 aromatic heterocycles. The Morgan fingerprint density at radius 3 is 2.46 bits per heavy atom. The molecule has 5 atom stereocenters. The topological polar surface area (TPSA) is 118 Å². The highest BCUT2D eigenvalue weighted by atomic mass is 35.5. The maximum atomic E-state index is 13.5. The molecule has 2 N–H and O–H groups in total. The molecule has 1 aliphatic carbocycles. The summed E-state index contributed by atoms with van der Waals surface area (Å²) >= 11 is 6.38. The summed E-state index contributed by atoms with van der Waals surface area (Å²) in [5.74, 6) is 0.727. The van der Waals surface area contributed by atoms with Crippen molar-refractivity contribution in [1.29, 1.82) is 0 Å².